The Bertz CT molecular complexity index is 805. The number of rotatable bonds is 9. The van der Waals surface area contributed by atoms with Gasteiger partial charge < -0.3 is 10.2 Å². The number of amides is 1. The SMILES string of the molecule is Cc1cccc(Nc2nnc(SCC(=O)N(CCC#N)CCC#N)s2)c1. The van der Waals surface area contributed by atoms with E-state index in [2.05, 4.69) is 15.5 Å². The minimum atomic E-state index is -0.108. The van der Waals surface area contributed by atoms with Crippen LogP contribution in [0.5, 0.6) is 0 Å². The Balaban J connectivity index is 1.88. The van der Waals surface area contributed by atoms with Gasteiger partial charge in [0, 0.05) is 18.8 Å². The van der Waals surface area contributed by atoms with Gasteiger partial charge in [0.15, 0.2) is 4.34 Å². The summed E-state index contributed by atoms with van der Waals surface area (Å²) >= 11 is 2.68. The summed E-state index contributed by atoms with van der Waals surface area (Å²) in [5.41, 5.74) is 2.09. The molecule has 0 saturated carbocycles. The second kappa shape index (κ2) is 10.4. The highest BCUT2D eigenvalue weighted by Gasteiger charge is 2.15. The van der Waals surface area contributed by atoms with Crippen LogP contribution in [0.2, 0.25) is 0 Å². The highest BCUT2D eigenvalue weighted by atomic mass is 32.2. The van der Waals surface area contributed by atoms with Gasteiger partial charge in [-0.3, -0.25) is 4.79 Å². The summed E-state index contributed by atoms with van der Waals surface area (Å²) in [5.74, 6) is 0.0968. The summed E-state index contributed by atoms with van der Waals surface area (Å²) in [6.07, 6.45) is 0.510. The molecule has 1 amide bonds. The van der Waals surface area contributed by atoms with Crippen molar-refractivity contribution in [1.29, 1.82) is 10.5 Å². The van der Waals surface area contributed by atoms with E-state index in [4.69, 9.17) is 10.5 Å². The fourth-order valence-electron chi connectivity index (χ4n) is 2.11. The van der Waals surface area contributed by atoms with Gasteiger partial charge >= 0.3 is 0 Å². The Labute approximate surface area is 160 Å². The number of aromatic nitrogens is 2. The number of anilines is 2. The van der Waals surface area contributed by atoms with E-state index in [-0.39, 0.29) is 24.5 Å². The first-order chi connectivity index (χ1) is 12.6. The maximum Gasteiger partial charge on any atom is 0.233 e. The van der Waals surface area contributed by atoms with Crippen LogP contribution in [0.15, 0.2) is 28.6 Å². The van der Waals surface area contributed by atoms with Crippen molar-refractivity contribution in [1.82, 2.24) is 15.1 Å². The molecule has 1 aromatic heterocycles. The maximum atomic E-state index is 12.3. The number of benzene rings is 1. The van der Waals surface area contributed by atoms with Crippen LogP contribution in [-0.4, -0.2) is 39.8 Å². The number of nitrogens with one attached hydrogen (secondary N) is 1. The van der Waals surface area contributed by atoms with Crippen molar-refractivity contribution in [3.8, 4) is 12.1 Å². The van der Waals surface area contributed by atoms with Crippen LogP contribution in [-0.2, 0) is 4.79 Å². The van der Waals surface area contributed by atoms with Crippen molar-refractivity contribution in [2.75, 3.05) is 24.2 Å². The van der Waals surface area contributed by atoms with Crippen molar-refractivity contribution in [3.63, 3.8) is 0 Å². The van der Waals surface area contributed by atoms with Gasteiger partial charge in [0.05, 0.1) is 30.7 Å². The van der Waals surface area contributed by atoms with Gasteiger partial charge in [-0.1, -0.05) is 35.2 Å². The average molecular weight is 387 g/mol. The molecule has 0 aliphatic carbocycles. The summed E-state index contributed by atoms with van der Waals surface area (Å²) < 4.78 is 0.689. The highest BCUT2D eigenvalue weighted by Crippen LogP contribution is 2.28. The number of hydrogen-bond donors (Lipinski definition) is 1. The Kier molecular flexibility index (Phi) is 7.87. The summed E-state index contributed by atoms with van der Waals surface area (Å²) in [7, 11) is 0. The summed E-state index contributed by atoms with van der Waals surface area (Å²) in [4.78, 5) is 13.8. The molecule has 2 rings (SSSR count). The molecule has 0 saturated heterocycles. The largest absolute Gasteiger partial charge is 0.340 e. The van der Waals surface area contributed by atoms with Crippen LogP contribution in [0.25, 0.3) is 0 Å². The first-order valence-electron chi connectivity index (χ1n) is 7.94. The molecule has 0 spiro atoms. The normalized spacial score (nSPS) is 9.96. The molecule has 7 nitrogen and oxygen atoms in total. The van der Waals surface area contributed by atoms with Gasteiger partial charge in [0.1, 0.15) is 0 Å². The number of nitrogens with zero attached hydrogens (tertiary/aromatic N) is 5. The van der Waals surface area contributed by atoms with Crippen LogP contribution in [0, 0.1) is 29.6 Å². The summed E-state index contributed by atoms with van der Waals surface area (Å²) in [6, 6.07) is 12.0. The molecule has 1 aromatic carbocycles. The molecule has 0 unspecified atom stereocenters. The molecular weight excluding hydrogens is 368 g/mol. The number of hydrogen-bond acceptors (Lipinski definition) is 8. The zero-order chi connectivity index (χ0) is 18.8. The summed E-state index contributed by atoms with van der Waals surface area (Å²) in [5, 5.41) is 29.4. The third-order valence-corrected chi connectivity index (χ3v) is 5.29. The van der Waals surface area contributed by atoms with E-state index in [1.165, 1.54) is 23.1 Å². The fourth-order valence-corrected chi connectivity index (χ4v) is 3.79. The molecule has 26 heavy (non-hydrogen) atoms. The van der Waals surface area contributed by atoms with E-state index in [0.29, 0.717) is 22.6 Å². The number of carbonyl (C=O) groups is 1. The van der Waals surface area contributed by atoms with Gasteiger partial charge in [-0.25, -0.2) is 0 Å². The van der Waals surface area contributed by atoms with Crippen molar-refractivity contribution in [3.05, 3.63) is 29.8 Å². The Hall–Kier alpha value is -2.62. The highest BCUT2D eigenvalue weighted by molar-refractivity contribution is 8.01. The number of carbonyl (C=O) groups excluding carboxylic acids is 1. The van der Waals surface area contributed by atoms with Crippen molar-refractivity contribution in [2.24, 2.45) is 0 Å². The molecular formula is C17H18N6OS2. The van der Waals surface area contributed by atoms with Crippen LogP contribution < -0.4 is 5.32 Å². The second-order valence-electron chi connectivity index (χ2n) is 5.35. The van der Waals surface area contributed by atoms with Gasteiger partial charge in [0.25, 0.3) is 0 Å². The number of thioether (sulfide) groups is 1. The topological polar surface area (TPSA) is 106 Å². The maximum absolute atomic E-state index is 12.3. The van der Waals surface area contributed by atoms with Gasteiger partial charge in [-0.2, -0.15) is 10.5 Å². The molecule has 0 radical (unpaired) electrons. The summed E-state index contributed by atoms with van der Waals surface area (Å²) in [6.45, 7) is 2.70. The molecule has 0 aliphatic rings. The van der Waals surface area contributed by atoms with E-state index in [1.54, 1.807) is 4.90 Å². The first kappa shape index (κ1) is 19.7. The Morgan fingerprint density at radius 1 is 1.27 bits per heavy atom. The average Bonchev–Trinajstić information content (AvgIpc) is 3.07. The lowest BCUT2D eigenvalue weighted by Gasteiger charge is -2.19. The van der Waals surface area contributed by atoms with Crippen molar-refractivity contribution >= 4 is 39.8 Å². The Morgan fingerprint density at radius 2 is 2.00 bits per heavy atom. The zero-order valence-corrected chi connectivity index (χ0v) is 15.9. The minimum absolute atomic E-state index is 0.108. The monoisotopic (exact) mass is 386 g/mol. The predicted octanol–water partition coefficient (Wildman–Crippen LogP) is 3.34. The zero-order valence-electron chi connectivity index (χ0n) is 14.3. The van der Waals surface area contributed by atoms with Crippen LogP contribution in [0.4, 0.5) is 10.8 Å². The van der Waals surface area contributed by atoms with Gasteiger partial charge in [-0.05, 0) is 24.6 Å². The number of nitriles is 2. The fraction of sp³-hybridized carbons (Fsp3) is 0.353. The minimum Gasteiger partial charge on any atom is -0.340 e. The number of aryl methyl sites for hydroxylation is 1. The van der Waals surface area contributed by atoms with E-state index in [9.17, 15) is 4.79 Å². The van der Waals surface area contributed by atoms with E-state index in [1.807, 2.05) is 43.3 Å². The first-order valence-corrected chi connectivity index (χ1v) is 9.74. The quantitative estimate of drug-likeness (QED) is 0.659. The lowest BCUT2D eigenvalue weighted by molar-refractivity contribution is -0.128. The van der Waals surface area contributed by atoms with Crippen LogP contribution in [0.1, 0.15) is 18.4 Å². The molecule has 1 heterocycles. The lowest BCUT2D eigenvalue weighted by Crippen LogP contribution is -2.34. The third-order valence-electron chi connectivity index (χ3n) is 3.33. The molecule has 0 fully saturated rings. The van der Waals surface area contributed by atoms with Crippen LogP contribution >= 0.6 is 23.1 Å². The molecule has 0 aliphatic heterocycles. The molecule has 0 atom stereocenters. The molecule has 134 valence electrons. The smallest absolute Gasteiger partial charge is 0.233 e. The van der Waals surface area contributed by atoms with Crippen LogP contribution in [0.3, 0.4) is 0 Å². The van der Waals surface area contributed by atoms with E-state index >= 15 is 0 Å². The molecule has 2 aromatic rings. The third kappa shape index (κ3) is 6.36. The van der Waals surface area contributed by atoms with E-state index < -0.39 is 0 Å². The van der Waals surface area contributed by atoms with E-state index in [0.717, 1.165) is 11.3 Å². The molecule has 9 heteroatoms. The molecule has 1 N–H and O–H groups in total. The van der Waals surface area contributed by atoms with Gasteiger partial charge in [-0.15, -0.1) is 10.2 Å². The predicted molar refractivity (Wildman–Crippen MR) is 102 cm³/mol. The van der Waals surface area contributed by atoms with Gasteiger partial charge in [0.2, 0.25) is 11.0 Å². The standard InChI is InChI=1S/C17H18N6OS2/c1-13-5-2-6-14(11-13)20-16-21-22-17(26-16)25-12-15(24)23(9-3-7-18)10-4-8-19/h2,5-6,11H,3-4,9-10,12H2,1H3,(H,20,21). The Morgan fingerprint density at radius 3 is 2.65 bits per heavy atom. The lowest BCUT2D eigenvalue weighted by atomic mass is 10.2. The van der Waals surface area contributed by atoms with Crippen molar-refractivity contribution in [2.45, 2.75) is 24.1 Å². The molecule has 0 bridgehead atoms. The second-order valence-corrected chi connectivity index (χ2v) is 7.55. The van der Waals surface area contributed by atoms with Crippen molar-refractivity contribution < 1.29 is 4.79 Å².